The summed E-state index contributed by atoms with van der Waals surface area (Å²) in [5.74, 6) is 0.944. The summed E-state index contributed by atoms with van der Waals surface area (Å²) < 4.78 is 5.42. The lowest BCUT2D eigenvalue weighted by molar-refractivity contribution is 0.406. The van der Waals surface area contributed by atoms with Gasteiger partial charge in [0.2, 0.25) is 0 Å². The molecule has 2 aromatic heterocycles. The molecule has 0 amide bonds. The van der Waals surface area contributed by atoms with Crippen molar-refractivity contribution in [1.29, 1.82) is 0 Å². The first-order valence-electron chi connectivity index (χ1n) is 6.36. The van der Waals surface area contributed by atoms with E-state index < -0.39 is 0 Å². The lowest BCUT2D eigenvalue weighted by Gasteiger charge is -2.12. The van der Waals surface area contributed by atoms with Crippen LogP contribution in [0.1, 0.15) is 27.3 Å². The van der Waals surface area contributed by atoms with Gasteiger partial charge in [0.15, 0.2) is 0 Å². The Bertz CT molecular complexity index is 563. The minimum absolute atomic E-state index is 0.764. The first-order chi connectivity index (χ1) is 9.13. The number of nitrogens with zero attached hydrogens (tertiary/aromatic N) is 1. The number of thiophene rings is 1. The number of nitrogens with one attached hydrogen (secondary N) is 1. The second kappa shape index (κ2) is 6.17. The molecule has 0 saturated carbocycles. The Balaban J connectivity index is 2.02. The van der Waals surface area contributed by atoms with Gasteiger partial charge in [0.05, 0.1) is 12.8 Å². The molecule has 19 heavy (non-hydrogen) atoms. The van der Waals surface area contributed by atoms with Crippen LogP contribution in [-0.2, 0) is 13.1 Å². The van der Waals surface area contributed by atoms with E-state index in [0.29, 0.717) is 0 Å². The molecule has 0 bridgehead atoms. The number of ether oxygens (including phenoxy) is 1. The monoisotopic (exact) mass is 276 g/mol. The number of methoxy groups -OCH3 is 1. The van der Waals surface area contributed by atoms with Crippen LogP contribution in [-0.4, -0.2) is 12.1 Å². The molecule has 2 aromatic rings. The normalized spacial score (nSPS) is 10.7. The molecule has 0 radical (unpaired) electrons. The van der Waals surface area contributed by atoms with Crippen LogP contribution in [0.15, 0.2) is 17.6 Å². The zero-order chi connectivity index (χ0) is 13.8. The van der Waals surface area contributed by atoms with Crippen LogP contribution in [0.2, 0.25) is 0 Å². The number of rotatable bonds is 5. The summed E-state index contributed by atoms with van der Waals surface area (Å²) in [6.45, 7) is 7.88. The number of hydrogen-bond acceptors (Lipinski definition) is 4. The van der Waals surface area contributed by atoms with Crippen LogP contribution in [0, 0.1) is 20.8 Å². The van der Waals surface area contributed by atoms with Crippen molar-refractivity contribution in [2.45, 2.75) is 33.9 Å². The van der Waals surface area contributed by atoms with Crippen LogP contribution in [0.3, 0.4) is 0 Å². The topological polar surface area (TPSA) is 34.1 Å². The number of aromatic nitrogens is 1. The Morgan fingerprint density at radius 1 is 1.21 bits per heavy atom. The van der Waals surface area contributed by atoms with Crippen molar-refractivity contribution in [1.82, 2.24) is 10.3 Å². The molecule has 1 N–H and O–H groups in total. The quantitative estimate of drug-likeness (QED) is 0.909. The predicted molar refractivity (Wildman–Crippen MR) is 79.9 cm³/mol. The third-order valence-corrected chi connectivity index (χ3v) is 4.32. The summed E-state index contributed by atoms with van der Waals surface area (Å²) in [6.07, 6.45) is 1.87. The van der Waals surface area contributed by atoms with Gasteiger partial charge in [-0.15, -0.1) is 11.3 Å². The number of aryl methyl sites for hydroxylation is 2. The van der Waals surface area contributed by atoms with Crippen LogP contribution in [0.5, 0.6) is 5.75 Å². The molecule has 0 fully saturated rings. The van der Waals surface area contributed by atoms with E-state index >= 15 is 0 Å². The van der Waals surface area contributed by atoms with Gasteiger partial charge in [-0.05, 0) is 37.8 Å². The summed E-state index contributed by atoms with van der Waals surface area (Å²) >= 11 is 1.79. The van der Waals surface area contributed by atoms with Gasteiger partial charge in [-0.1, -0.05) is 0 Å². The third kappa shape index (κ3) is 3.14. The molecule has 0 spiro atoms. The minimum Gasteiger partial charge on any atom is -0.496 e. The van der Waals surface area contributed by atoms with E-state index in [9.17, 15) is 0 Å². The highest BCUT2D eigenvalue weighted by Gasteiger charge is 2.09. The smallest absolute Gasteiger partial charge is 0.128 e. The fraction of sp³-hybridized carbons (Fsp3) is 0.400. The van der Waals surface area contributed by atoms with E-state index in [1.807, 2.05) is 13.1 Å². The predicted octanol–water partition coefficient (Wildman–Crippen LogP) is 3.37. The Labute approximate surface area is 118 Å². The largest absolute Gasteiger partial charge is 0.496 e. The molecular weight excluding hydrogens is 256 g/mol. The maximum atomic E-state index is 5.42. The van der Waals surface area contributed by atoms with Gasteiger partial charge in [-0.3, -0.25) is 4.98 Å². The highest BCUT2D eigenvalue weighted by molar-refractivity contribution is 7.10. The zero-order valence-corrected chi connectivity index (χ0v) is 12.7. The van der Waals surface area contributed by atoms with E-state index in [-0.39, 0.29) is 0 Å². The van der Waals surface area contributed by atoms with Crippen LogP contribution >= 0.6 is 11.3 Å². The summed E-state index contributed by atoms with van der Waals surface area (Å²) in [5.41, 5.74) is 4.61. The van der Waals surface area contributed by atoms with Crippen molar-refractivity contribution in [3.63, 3.8) is 0 Å². The molecule has 0 atom stereocenters. The van der Waals surface area contributed by atoms with Crippen molar-refractivity contribution in [2.24, 2.45) is 0 Å². The second-order valence-corrected chi connectivity index (χ2v) is 5.68. The highest BCUT2D eigenvalue weighted by atomic mass is 32.1. The first-order valence-corrected chi connectivity index (χ1v) is 7.24. The molecule has 2 heterocycles. The van der Waals surface area contributed by atoms with Gasteiger partial charge in [0, 0.05) is 35.3 Å². The summed E-state index contributed by atoms with van der Waals surface area (Å²) in [7, 11) is 1.71. The first kappa shape index (κ1) is 14.0. The van der Waals surface area contributed by atoms with Crippen LogP contribution < -0.4 is 10.1 Å². The summed E-state index contributed by atoms with van der Waals surface area (Å²) in [5, 5.41) is 5.58. The molecule has 0 aliphatic rings. The van der Waals surface area contributed by atoms with Crippen molar-refractivity contribution < 1.29 is 4.74 Å². The number of hydrogen-bond donors (Lipinski definition) is 1. The molecule has 0 unspecified atom stereocenters. The van der Waals surface area contributed by atoms with Crippen LogP contribution in [0.25, 0.3) is 0 Å². The van der Waals surface area contributed by atoms with E-state index in [1.54, 1.807) is 18.4 Å². The van der Waals surface area contributed by atoms with E-state index in [2.05, 4.69) is 35.6 Å². The van der Waals surface area contributed by atoms with Gasteiger partial charge in [0.1, 0.15) is 5.75 Å². The lowest BCUT2D eigenvalue weighted by Crippen LogP contribution is -2.15. The molecule has 0 aliphatic carbocycles. The Kier molecular flexibility index (Phi) is 4.56. The molecule has 2 rings (SSSR count). The molecule has 4 heteroatoms. The molecule has 0 saturated heterocycles. The fourth-order valence-corrected chi connectivity index (χ4v) is 3.00. The second-order valence-electron chi connectivity index (χ2n) is 4.68. The standard InChI is InChI=1S/C15H20N2OS/c1-10-5-6-19-14(10)9-16-8-13-12(3)15(18-4)11(2)7-17-13/h5-7,16H,8-9H2,1-4H3. The molecule has 0 aromatic carbocycles. The van der Waals surface area contributed by atoms with Crippen molar-refractivity contribution in [3.8, 4) is 5.75 Å². The Hall–Kier alpha value is -1.39. The zero-order valence-electron chi connectivity index (χ0n) is 11.9. The SMILES string of the molecule is COc1c(C)cnc(CNCc2sccc2C)c1C. The van der Waals surface area contributed by atoms with Gasteiger partial charge >= 0.3 is 0 Å². The lowest BCUT2D eigenvalue weighted by atomic mass is 10.1. The highest BCUT2D eigenvalue weighted by Crippen LogP contribution is 2.24. The average Bonchev–Trinajstić information content (AvgIpc) is 2.79. The minimum atomic E-state index is 0.764. The summed E-state index contributed by atoms with van der Waals surface area (Å²) in [4.78, 5) is 5.87. The van der Waals surface area contributed by atoms with Gasteiger partial charge in [-0.2, -0.15) is 0 Å². The van der Waals surface area contributed by atoms with Crippen molar-refractivity contribution in [3.05, 3.63) is 44.9 Å². The summed E-state index contributed by atoms with van der Waals surface area (Å²) in [6, 6.07) is 2.15. The molecule has 3 nitrogen and oxygen atoms in total. The van der Waals surface area contributed by atoms with Gasteiger partial charge in [0.25, 0.3) is 0 Å². The maximum Gasteiger partial charge on any atom is 0.128 e. The van der Waals surface area contributed by atoms with Crippen molar-refractivity contribution in [2.75, 3.05) is 7.11 Å². The molecule has 0 aliphatic heterocycles. The molecule has 102 valence electrons. The molecular formula is C15H20N2OS. The van der Waals surface area contributed by atoms with Crippen molar-refractivity contribution >= 4 is 11.3 Å². The van der Waals surface area contributed by atoms with E-state index in [0.717, 1.165) is 35.7 Å². The average molecular weight is 276 g/mol. The van der Waals surface area contributed by atoms with E-state index in [4.69, 9.17) is 4.74 Å². The van der Waals surface area contributed by atoms with Crippen LogP contribution in [0.4, 0.5) is 0 Å². The third-order valence-electron chi connectivity index (χ3n) is 3.30. The fourth-order valence-electron chi connectivity index (χ4n) is 2.13. The van der Waals surface area contributed by atoms with Gasteiger partial charge < -0.3 is 10.1 Å². The Morgan fingerprint density at radius 3 is 2.63 bits per heavy atom. The maximum absolute atomic E-state index is 5.42. The number of pyridine rings is 1. The van der Waals surface area contributed by atoms with Gasteiger partial charge in [-0.25, -0.2) is 0 Å². The van der Waals surface area contributed by atoms with E-state index in [1.165, 1.54) is 10.4 Å². The Morgan fingerprint density at radius 2 is 2.00 bits per heavy atom.